The maximum Gasteiger partial charge on any atom is 0.408 e. The van der Waals surface area contributed by atoms with Gasteiger partial charge in [-0.1, -0.05) is 40.7 Å². The van der Waals surface area contributed by atoms with Crippen LogP contribution in [0.2, 0.25) is 0 Å². The van der Waals surface area contributed by atoms with E-state index in [9.17, 15) is 29.1 Å². The molecule has 3 aliphatic rings. The Bertz CT molecular complexity index is 2130. The summed E-state index contributed by atoms with van der Waals surface area (Å²) in [5.41, 5.74) is -2.21. The van der Waals surface area contributed by atoms with Crippen molar-refractivity contribution in [3.8, 4) is 22.9 Å². The van der Waals surface area contributed by atoms with Gasteiger partial charge >= 0.3 is 12.1 Å². The topological polar surface area (TPSA) is 198 Å². The SMILES string of the molecule is C=C[C@@H]1C[C@]1(NC(=O)[C@@H]1C[C@@](C)(Oc2cc(-c3csc(NC(=O)C(C)C)n3)nc3c(Br)c(OC)ccc23)CN1C(=O)[C@H](NC(=O)OC1CCCC1)C(C)(C)C)C(=O)O. The Kier molecular flexibility index (Phi) is 12.2. The number of ether oxygens (including phenoxy) is 3. The fourth-order valence-corrected chi connectivity index (χ4v) is 8.89. The number of carbonyl (C=O) groups excluding carboxylic acids is 4. The third-order valence-electron chi connectivity index (χ3n) is 11.0. The zero-order chi connectivity index (χ0) is 42.3. The number of amides is 4. The second kappa shape index (κ2) is 16.5. The summed E-state index contributed by atoms with van der Waals surface area (Å²) in [5.74, 6) is -2.45. The molecule has 15 nitrogen and oxygen atoms in total. The third-order valence-corrected chi connectivity index (χ3v) is 12.5. The van der Waals surface area contributed by atoms with Crippen LogP contribution in [0, 0.1) is 17.3 Å². The van der Waals surface area contributed by atoms with Crippen molar-refractivity contribution in [1.82, 2.24) is 25.5 Å². The number of carboxylic acid groups (broad SMARTS) is 1. The van der Waals surface area contributed by atoms with Crippen molar-refractivity contribution in [2.45, 2.75) is 109 Å². The highest BCUT2D eigenvalue weighted by Gasteiger charge is 2.62. The normalized spacial score (nSPS) is 23.6. The molecule has 312 valence electrons. The van der Waals surface area contributed by atoms with Crippen LogP contribution in [-0.4, -0.2) is 92.7 Å². The number of pyridine rings is 1. The maximum atomic E-state index is 14.8. The Morgan fingerprint density at radius 1 is 1.09 bits per heavy atom. The molecule has 4 amide bonds. The van der Waals surface area contributed by atoms with Crippen LogP contribution >= 0.6 is 27.3 Å². The number of carbonyl (C=O) groups is 5. The average molecular weight is 884 g/mol. The zero-order valence-electron chi connectivity index (χ0n) is 33.8. The van der Waals surface area contributed by atoms with E-state index >= 15 is 0 Å². The molecule has 17 heteroatoms. The number of aromatic nitrogens is 2. The molecular weight excluding hydrogens is 832 g/mol. The summed E-state index contributed by atoms with van der Waals surface area (Å²) in [6.45, 7) is 14.4. The number of halogens is 1. The molecule has 5 atom stereocenters. The molecule has 3 heterocycles. The Balaban J connectivity index is 1.37. The Morgan fingerprint density at radius 2 is 1.79 bits per heavy atom. The number of alkyl carbamates (subject to hydrolysis) is 1. The van der Waals surface area contributed by atoms with Crippen molar-refractivity contribution in [2.24, 2.45) is 17.3 Å². The Morgan fingerprint density at radius 3 is 2.40 bits per heavy atom. The fraction of sp³-hybridized carbons (Fsp3) is 0.537. The average Bonchev–Trinajstić information content (AvgIpc) is 3.51. The quantitative estimate of drug-likeness (QED) is 0.133. The monoisotopic (exact) mass is 882 g/mol. The summed E-state index contributed by atoms with van der Waals surface area (Å²) in [5, 5.41) is 21.3. The van der Waals surface area contributed by atoms with Gasteiger partial charge in [0.25, 0.3) is 0 Å². The van der Waals surface area contributed by atoms with E-state index in [2.05, 4.69) is 43.4 Å². The first-order valence-corrected chi connectivity index (χ1v) is 21.0. The number of aliphatic carboxylic acids is 1. The third kappa shape index (κ3) is 8.79. The summed E-state index contributed by atoms with van der Waals surface area (Å²) in [7, 11) is 1.54. The summed E-state index contributed by atoms with van der Waals surface area (Å²) in [6.07, 6.45) is 4.07. The highest BCUT2D eigenvalue weighted by Crippen LogP contribution is 2.46. The molecule has 1 aliphatic heterocycles. The van der Waals surface area contributed by atoms with E-state index in [-0.39, 0.29) is 37.3 Å². The van der Waals surface area contributed by atoms with Gasteiger partial charge in [-0.15, -0.1) is 17.9 Å². The van der Waals surface area contributed by atoms with Crippen molar-refractivity contribution in [2.75, 3.05) is 19.0 Å². The molecule has 0 spiro atoms. The molecular formula is C41H51BrN6O9S. The lowest BCUT2D eigenvalue weighted by atomic mass is 9.85. The molecule has 6 rings (SSSR count). The smallest absolute Gasteiger partial charge is 0.408 e. The summed E-state index contributed by atoms with van der Waals surface area (Å²) in [6, 6.07) is 2.98. The first-order chi connectivity index (χ1) is 27.3. The predicted molar refractivity (Wildman–Crippen MR) is 222 cm³/mol. The summed E-state index contributed by atoms with van der Waals surface area (Å²) in [4.78, 5) is 78.0. The number of hydrogen-bond acceptors (Lipinski definition) is 11. The zero-order valence-corrected chi connectivity index (χ0v) is 36.2. The summed E-state index contributed by atoms with van der Waals surface area (Å²) >= 11 is 4.88. The molecule has 1 saturated heterocycles. The van der Waals surface area contributed by atoms with E-state index in [0.29, 0.717) is 43.4 Å². The van der Waals surface area contributed by atoms with Gasteiger partial charge in [0.1, 0.15) is 46.5 Å². The molecule has 0 unspecified atom stereocenters. The number of anilines is 1. The number of nitrogens with one attached hydrogen (secondary N) is 3. The number of fused-ring (bicyclic) bond motifs is 1. The van der Waals surface area contributed by atoms with Crippen molar-refractivity contribution in [3.63, 3.8) is 0 Å². The van der Waals surface area contributed by atoms with Crippen molar-refractivity contribution < 1.29 is 43.3 Å². The van der Waals surface area contributed by atoms with Crippen LogP contribution in [0.4, 0.5) is 9.93 Å². The van der Waals surface area contributed by atoms with E-state index in [1.54, 1.807) is 65.1 Å². The predicted octanol–water partition coefficient (Wildman–Crippen LogP) is 6.69. The number of hydrogen-bond donors (Lipinski definition) is 4. The number of rotatable bonds is 13. The number of carboxylic acids is 1. The highest BCUT2D eigenvalue weighted by atomic mass is 79.9. The minimum Gasteiger partial charge on any atom is -0.495 e. The van der Waals surface area contributed by atoms with Gasteiger partial charge in [0.05, 0.1) is 29.3 Å². The highest BCUT2D eigenvalue weighted by molar-refractivity contribution is 9.10. The van der Waals surface area contributed by atoms with Crippen molar-refractivity contribution in [1.29, 1.82) is 0 Å². The van der Waals surface area contributed by atoms with Crippen LogP contribution < -0.4 is 25.4 Å². The number of likely N-dealkylation sites (tertiary alicyclic amines) is 1. The molecule has 0 bridgehead atoms. The Labute approximate surface area is 349 Å². The number of methoxy groups -OCH3 is 1. The molecule has 4 N–H and O–H groups in total. The largest absolute Gasteiger partial charge is 0.495 e. The fourth-order valence-electron chi connectivity index (χ4n) is 7.58. The van der Waals surface area contributed by atoms with Gasteiger partial charge in [0, 0.05) is 35.1 Å². The van der Waals surface area contributed by atoms with Crippen LogP contribution in [0.25, 0.3) is 22.3 Å². The Hall–Kier alpha value is -4.77. The minimum atomic E-state index is -1.55. The molecule has 2 aliphatic carbocycles. The number of benzene rings is 1. The molecule has 1 aromatic carbocycles. The standard InChI is InChI=1S/C41H51BrN6O9S/c1-9-22-17-41(22,36(52)53)47-34(50)27-18-40(7,20-48(27)35(51)32(39(4,5)6)45-38(54)56-23-12-10-11-13-23)57-29-16-25(26-19-58-37(44-26)46-33(49)21(2)3)43-31-24(29)14-15-28(55-8)30(31)42/h9,14-16,19,21-23,27,32H,1,10-13,17-18,20H2,2-8H3,(H,45,54)(H,47,50)(H,52,53)(H,44,46,49)/t22-,27+,32+,40-,41-/m1/s1. The maximum absolute atomic E-state index is 14.8. The van der Waals surface area contributed by atoms with E-state index in [1.807, 2.05) is 0 Å². The van der Waals surface area contributed by atoms with Crippen LogP contribution in [0.5, 0.6) is 11.5 Å². The van der Waals surface area contributed by atoms with Crippen molar-refractivity contribution in [3.05, 3.63) is 40.7 Å². The van der Waals surface area contributed by atoms with Crippen LogP contribution in [0.15, 0.2) is 40.7 Å². The van der Waals surface area contributed by atoms with Gasteiger partial charge in [-0.25, -0.2) is 19.6 Å². The van der Waals surface area contributed by atoms with Crippen molar-refractivity contribution >= 4 is 73.1 Å². The number of nitrogens with zero attached hydrogens (tertiary/aromatic N) is 3. The lowest BCUT2D eigenvalue weighted by Gasteiger charge is -2.35. The lowest BCUT2D eigenvalue weighted by Crippen LogP contribution is -2.59. The van der Waals surface area contributed by atoms with Crippen LogP contribution in [-0.2, 0) is 23.9 Å². The van der Waals surface area contributed by atoms with Gasteiger partial charge in [-0.3, -0.25) is 14.4 Å². The molecule has 2 saturated carbocycles. The van der Waals surface area contributed by atoms with Gasteiger partial charge < -0.3 is 40.2 Å². The first-order valence-electron chi connectivity index (χ1n) is 19.4. The van der Waals surface area contributed by atoms with Crippen LogP contribution in [0.3, 0.4) is 0 Å². The van der Waals surface area contributed by atoms with E-state index in [0.717, 1.165) is 25.7 Å². The molecule has 2 aromatic heterocycles. The van der Waals surface area contributed by atoms with E-state index in [1.165, 1.54) is 29.4 Å². The van der Waals surface area contributed by atoms with Crippen LogP contribution in [0.1, 0.15) is 80.1 Å². The van der Waals surface area contributed by atoms with E-state index in [4.69, 9.17) is 19.2 Å². The van der Waals surface area contributed by atoms with Gasteiger partial charge in [-0.2, -0.15) is 0 Å². The van der Waals surface area contributed by atoms with E-state index < -0.39 is 58.4 Å². The van der Waals surface area contributed by atoms with Gasteiger partial charge in [0.2, 0.25) is 17.7 Å². The number of thiazole rings is 1. The first kappa shape index (κ1) is 42.8. The lowest BCUT2D eigenvalue weighted by molar-refractivity contribution is -0.146. The molecule has 3 aromatic rings. The summed E-state index contributed by atoms with van der Waals surface area (Å²) < 4.78 is 18.7. The second-order valence-corrected chi connectivity index (χ2v) is 18.6. The molecule has 58 heavy (non-hydrogen) atoms. The second-order valence-electron chi connectivity index (χ2n) is 17.0. The minimum absolute atomic E-state index is 0.0268. The molecule has 3 fully saturated rings. The van der Waals surface area contributed by atoms with Gasteiger partial charge in [0.15, 0.2) is 5.13 Å². The molecule has 0 radical (unpaired) electrons. The van der Waals surface area contributed by atoms with Gasteiger partial charge in [-0.05, 0) is 72.5 Å².